The first-order chi connectivity index (χ1) is 11.5. The molecule has 1 saturated carbocycles. The van der Waals surface area contributed by atoms with E-state index in [4.69, 9.17) is 14.6 Å². The van der Waals surface area contributed by atoms with Crippen LogP contribution in [0.2, 0.25) is 0 Å². The lowest BCUT2D eigenvalue weighted by Crippen LogP contribution is -2.54. The molecule has 142 valence electrons. The number of amides is 2. The van der Waals surface area contributed by atoms with E-state index in [-0.39, 0.29) is 0 Å². The van der Waals surface area contributed by atoms with Gasteiger partial charge in [0.05, 0.1) is 6.04 Å². The van der Waals surface area contributed by atoms with Crippen molar-refractivity contribution >= 4 is 23.9 Å². The number of alkyl carbamates (subject to hydrolysis) is 1. The van der Waals surface area contributed by atoms with Crippen LogP contribution in [-0.2, 0) is 23.9 Å². The number of hydrogen-bond acceptors (Lipinski definition) is 6. The molecule has 0 heterocycles. The maximum absolute atomic E-state index is 12.2. The number of aliphatic carboxylic acids is 1. The minimum Gasteiger partial charge on any atom is -0.480 e. The van der Waals surface area contributed by atoms with Crippen molar-refractivity contribution in [2.45, 2.75) is 64.7 Å². The van der Waals surface area contributed by atoms with E-state index in [9.17, 15) is 19.2 Å². The summed E-state index contributed by atoms with van der Waals surface area (Å²) in [5, 5.41) is 13.4. The number of carboxylic acids is 1. The molecule has 2 atom stereocenters. The van der Waals surface area contributed by atoms with Gasteiger partial charge in [0.2, 0.25) is 0 Å². The van der Waals surface area contributed by atoms with Gasteiger partial charge >= 0.3 is 18.0 Å². The third-order valence-corrected chi connectivity index (χ3v) is 3.32. The fourth-order valence-corrected chi connectivity index (χ4v) is 2.19. The van der Waals surface area contributed by atoms with E-state index in [2.05, 4.69) is 10.6 Å². The van der Waals surface area contributed by atoms with E-state index in [0.29, 0.717) is 12.3 Å². The highest BCUT2D eigenvalue weighted by atomic mass is 16.6. The van der Waals surface area contributed by atoms with Crippen LogP contribution in [0, 0.1) is 5.92 Å². The van der Waals surface area contributed by atoms with Gasteiger partial charge in [0.25, 0.3) is 5.91 Å². The van der Waals surface area contributed by atoms with Crippen LogP contribution in [0.5, 0.6) is 0 Å². The number of esters is 1. The Hall–Kier alpha value is -2.32. The molecule has 1 rings (SSSR count). The standard InChI is InChI=1S/C16H26N2O7/c1-9(19)24-13(14(22)17-8-12(20)21)11(7-10-5-6-10)18-15(23)25-16(2,3)4/h10-11,13H,5-8H2,1-4H3,(H,17,22)(H,18,23)(H,20,21). The molecule has 0 aromatic rings. The van der Waals surface area contributed by atoms with Crippen LogP contribution in [0.15, 0.2) is 0 Å². The molecular weight excluding hydrogens is 332 g/mol. The lowest BCUT2D eigenvalue weighted by Gasteiger charge is -2.28. The van der Waals surface area contributed by atoms with Crippen LogP contribution in [0.25, 0.3) is 0 Å². The van der Waals surface area contributed by atoms with Gasteiger partial charge in [0.1, 0.15) is 12.1 Å². The molecule has 3 N–H and O–H groups in total. The van der Waals surface area contributed by atoms with Crippen molar-refractivity contribution in [3.63, 3.8) is 0 Å². The summed E-state index contributed by atoms with van der Waals surface area (Å²) in [5.41, 5.74) is -0.725. The van der Waals surface area contributed by atoms with Gasteiger partial charge in [-0.1, -0.05) is 12.8 Å². The van der Waals surface area contributed by atoms with Crippen molar-refractivity contribution in [3.05, 3.63) is 0 Å². The zero-order valence-corrected chi connectivity index (χ0v) is 15.0. The molecule has 1 aliphatic rings. The number of carbonyl (C=O) groups is 4. The topological polar surface area (TPSA) is 131 Å². The van der Waals surface area contributed by atoms with Crippen molar-refractivity contribution < 1.29 is 33.8 Å². The van der Waals surface area contributed by atoms with Gasteiger partial charge in [0.15, 0.2) is 6.10 Å². The van der Waals surface area contributed by atoms with Crippen molar-refractivity contribution in [1.29, 1.82) is 0 Å². The van der Waals surface area contributed by atoms with E-state index in [1.54, 1.807) is 20.8 Å². The number of ether oxygens (including phenoxy) is 2. The predicted octanol–water partition coefficient (Wildman–Crippen LogP) is 0.812. The summed E-state index contributed by atoms with van der Waals surface area (Å²) in [5.74, 6) is -2.40. The number of carbonyl (C=O) groups excluding carboxylic acids is 3. The van der Waals surface area contributed by atoms with Gasteiger partial charge in [-0.05, 0) is 33.1 Å². The Labute approximate surface area is 146 Å². The van der Waals surface area contributed by atoms with E-state index in [0.717, 1.165) is 19.8 Å². The number of nitrogens with one attached hydrogen (secondary N) is 2. The van der Waals surface area contributed by atoms with Crippen LogP contribution in [0.4, 0.5) is 4.79 Å². The summed E-state index contributed by atoms with van der Waals surface area (Å²) < 4.78 is 10.2. The molecule has 0 aromatic carbocycles. The van der Waals surface area contributed by atoms with Crippen LogP contribution >= 0.6 is 0 Å². The number of carboxylic acid groups (broad SMARTS) is 1. The zero-order valence-electron chi connectivity index (χ0n) is 15.0. The Morgan fingerprint density at radius 2 is 1.80 bits per heavy atom. The zero-order chi connectivity index (χ0) is 19.2. The first kappa shape index (κ1) is 20.7. The first-order valence-electron chi connectivity index (χ1n) is 8.14. The molecule has 9 heteroatoms. The van der Waals surface area contributed by atoms with Gasteiger partial charge in [-0.25, -0.2) is 4.79 Å². The summed E-state index contributed by atoms with van der Waals surface area (Å²) in [7, 11) is 0. The maximum Gasteiger partial charge on any atom is 0.408 e. The summed E-state index contributed by atoms with van der Waals surface area (Å²) >= 11 is 0. The average molecular weight is 358 g/mol. The Morgan fingerprint density at radius 3 is 2.24 bits per heavy atom. The lowest BCUT2D eigenvalue weighted by atomic mass is 10.0. The minimum absolute atomic E-state index is 0.310. The molecule has 0 aromatic heterocycles. The molecule has 1 fully saturated rings. The maximum atomic E-state index is 12.2. The molecule has 0 radical (unpaired) electrons. The van der Waals surface area contributed by atoms with E-state index in [1.807, 2.05) is 0 Å². The molecule has 0 saturated heterocycles. The summed E-state index contributed by atoms with van der Waals surface area (Å²) in [6, 6.07) is -0.806. The average Bonchev–Trinajstić information content (AvgIpc) is 3.23. The molecule has 0 aliphatic heterocycles. The highest BCUT2D eigenvalue weighted by molar-refractivity contribution is 5.87. The monoisotopic (exact) mass is 358 g/mol. The van der Waals surface area contributed by atoms with Crippen LogP contribution in [-0.4, -0.2) is 53.3 Å². The predicted molar refractivity (Wildman–Crippen MR) is 86.7 cm³/mol. The second-order valence-electron chi connectivity index (χ2n) is 7.07. The van der Waals surface area contributed by atoms with Gasteiger partial charge in [0, 0.05) is 6.92 Å². The van der Waals surface area contributed by atoms with Gasteiger partial charge < -0.3 is 25.2 Å². The lowest BCUT2D eigenvalue weighted by molar-refractivity contribution is -0.156. The smallest absolute Gasteiger partial charge is 0.408 e. The Balaban J connectivity index is 2.86. The van der Waals surface area contributed by atoms with Crippen LogP contribution in [0.3, 0.4) is 0 Å². The summed E-state index contributed by atoms with van der Waals surface area (Å²) in [6.07, 6.45) is 0.273. The Kier molecular flexibility index (Phi) is 7.20. The summed E-state index contributed by atoms with van der Waals surface area (Å²) in [6.45, 7) is 5.63. The SMILES string of the molecule is CC(=O)OC(C(=O)NCC(=O)O)C(CC1CC1)NC(=O)OC(C)(C)C. The molecule has 0 spiro atoms. The van der Waals surface area contributed by atoms with Gasteiger partial charge in [-0.3, -0.25) is 14.4 Å². The highest BCUT2D eigenvalue weighted by Crippen LogP contribution is 2.34. The quantitative estimate of drug-likeness (QED) is 0.547. The molecular formula is C16H26N2O7. The highest BCUT2D eigenvalue weighted by Gasteiger charge is 2.37. The minimum atomic E-state index is -1.33. The van der Waals surface area contributed by atoms with Crippen molar-refractivity contribution in [2.75, 3.05) is 6.54 Å². The molecule has 2 amide bonds. The van der Waals surface area contributed by atoms with E-state index < -0.39 is 48.2 Å². The van der Waals surface area contributed by atoms with Crippen molar-refractivity contribution in [3.8, 4) is 0 Å². The van der Waals surface area contributed by atoms with E-state index >= 15 is 0 Å². The number of hydrogen-bond donors (Lipinski definition) is 3. The van der Waals surface area contributed by atoms with Gasteiger partial charge in [-0.15, -0.1) is 0 Å². The second-order valence-corrected chi connectivity index (χ2v) is 7.07. The molecule has 25 heavy (non-hydrogen) atoms. The third kappa shape index (κ3) is 8.92. The molecule has 9 nitrogen and oxygen atoms in total. The number of rotatable bonds is 8. The van der Waals surface area contributed by atoms with Gasteiger partial charge in [-0.2, -0.15) is 0 Å². The fourth-order valence-electron chi connectivity index (χ4n) is 2.19. The Bertz CT molecular complexity index is 523. The first-order valence-corrected chi connectivity index (χ1v) is 8.14. The van der Waals surface area contributed by atoms with Crippen LogP contribution in [0.1, 0.15) is 47.0 Å². The van der Waals surface area contributed by atoms with E-state index in [1.165, 1.54) is 0 Å². The van der Waals surface area contributed by atoms with Crippen molar-refractivity contribution in [2.24, 2.45) is 5.92 Å². The Morgan fingerprint density at radius 1 is 1.20 bits per heavy atom. The normalized spacial score (nSPS) is 16.3. The fraction of sp³-hybridized carbons (Fsp3) is 0.750. The largest absolute Gasteiger partial charge is 0.480 e. The molecule has 0 bridgehead atoms. The second kappa shape index (κ2) is 8.68. The molecule has 2 unspecified atom stereocenters. The van der Waals surface area contributed by atoms with Crippen LogP contribution < -0.4 is 10.6 Å². The third-order valence-electron chi connectivity index (χ3n) is 3.32. The summed E-state index contributed by atoms with van der Waals surface area (Å²) in [4.78, 5) is 46.3. The molecule has 1 aliphatic carbocycles. The van der Waals surface area contributed by atoms with Crippen molar-refractivity contribution in [1.82, 2.24) is 10.6 Å².